The number of methoxy groups -OCH3 is 1. The fourth-order valence-corrected chi connectivity index (χ4v) is 2.77. The average Bonchev–Trinajstić information content (AvgIpc) is 2.58. The molecular weight excluding hydrogens is 447 g/mol. The SMILES string of the molecule is CCCCOC1CC(NC(=NCC(=O)NCCOC)NCC)C1(C)C.I. The first-order chi connectivity index (χ1) is 12.0. The highest BCUT2D eigenvalue weighted by atomic mass is 127. The van der Waals surface area contributed by atoms with Crippen LogP contribution in [0.1, 0.15) is 47.0 Å². The van der Waals surface area contributed by atoms with E-state index in [1.54, 1.807) is 7.11 Å². The average molecular weight is 484 g/mol. The highest BCUT2D eigenvalue weighted by Crippen LogP contribution is 2.42. The summed E-state index contributed by atoms with van der Waals surface area (Å²) in [6.07, 6.45) is 3.49. The van der Waals surface area contributed by atoms with E-state index in [4.69, 9.17) is 9.47 Å². The van der Waals surface area contributed by atoms with E-state index in [1.165, 1.54) is 0 Å². The first kappa shape index (κ1) is 25.4. The Bertz CT molecular complexity index is 433. The van der Waals surface area contributed by atoms with Gasteiger partial charge in [0.1, 0.15) is 6.54 Å². The number of nitrogens with zero attached hydrogens (tertiary/aromatic N) is 1. The molecule has 0 aromatic carbocycles. The molecule has 0 spiro atoms. The van der Waals surface area contributed by atoms with Gasteiger partial charge in [0.2, 0.25) is 5.91 Å². The molecule has 1 fully saturated rings. The molecule has 2 unspecified atom stereocenters. The summed E-state index contributed by atoms with van der Waals surface area (Å²) in [5.41, 5.74) is 0.0463. The van der Waals surface area contributed by atoms with Crippen molar-refractivity contribution < 1.29 is 14.3 Å². The van der Waals surface area contributed by atoms with E-state index in [0.717, 1.165) is 32.4 Å². The smallest absolute Gasteiger partial charge is 0.241 e. The van der Waals surface area contributed by atoms with Crippen LogP contribution in [0, 0.1) is 5.41 Å². The van der Waals surface area contributed by atoms with Crippen molar-refractivity contribution in [1.82, 2.24) is 16.0 Å². The summed E-state index contributed by atoms with van der Waals surface area (Å²) in [6.45, 7) is 11.3. The molecule has 0 bridgehead atoms. The second kappa shape index (κ2) is 13.5. The Hall–Kier alpha value is -0.610. The molecule has 0 radical (unpaired) electrons. The van der Waals surface area contributed by atoms with Crippen LogP contribution in [0.2, 0.25) is 0 Å². The van der Waals surface area contributed by atoms with Crippen LogP contribution in [0.3, 0.4) is 0 Å². The first-order valence-electron chi connectivity index (χ1n) is 9.37. The second-order valence-corrected chi connectivity index (χ2v) is 7.00. The number of ether oxygens (including phenoxy) is 2. The standard InChI is InChI=1S/C18H36N4O3.HI/c1-6-8-10-25-15-12-14(18(15,3)4)22-17(19-7-2)21-13-16(23)20-9-11-24-5;/h14-15H,6-13H2,1-5H3,(H,20,23)(H2,19,21,22);1H. The van der Waals surface area contributed by atoms with Gasteiger partial charge < -0.3 is 25.4 Å². The lowest BCUT2D eigenvalue weighted by Crippen LogP contribution is -2.63. The predicted molar refractivity (Wildman–Crippen MR) is 116 cm³/mol. The van der Waals surface area contributed by atoms with E-state index in [-0.39, 0.29) is 54.0 Å². The lowest BCUT2D eigenvalue weighted by Gasteiger charge is -2.52. The van der Waals surface area contributed by atoms with Crippen LogP contribution in [0.5, 0.6) is 0 Å². The van der Waals surface area contributed by atoms with Gasteiger partial charge in [-0.2, -0.15) is 0 Å². The Morgan fingerprint density at radius 3 is 2.54 bits per heavy atom. The molecule has 1 amide bonds. The minimum Gasteiger partial charge on any atom is -0.383 e. The van der Waals surface area contributed by atoms with Crippen molar-refractivity contribution in [3.63, 3.8) is 0 Å². The number of aliphatic imine (C=N–C) groups is 1. The summed E-state index contributed by atoms with van der Waals surface area (Å²) in [4.78, 5) is 16.2. The maximum Gasteiger partial charge on any atom is 0.241 e. The quantitative estimate of drug-likeness (QED) is 0.181. The number of halogens is 1. The Balaban J connectivity index is 0.00000625. The molecule has 8 heteroatoms. The number of unbranched alkanes of at least 4 members (excludes halogenated alkanes) is 1. The van der Waals surface area contributed by atoms with Gasteiger partial charge >= 0.3 is 0 Å². The van der Waals surface area contributed by atoms with Crippen molar-refractivity contribution in [2.24, 2.45) is 10.4 Å². The number of carbonyl (C=O) groups excluding carboxylic acids is 1. The van der Waals surface area contributed by atoms with Gasteiger partial charge in [-0.1, -0.05) is 27.2 Å². The number of rotatable bonds is 11. The number of nitrogens with one attached hydrogen (secondary N) is 3. The maximum absolute atomic E-state index is 11.8. The zero-order chi connectivity index (χ0) is 18.7. The summed E-state index contributed by atoms with van der Waals surface area (Å²) < 4.78 is 10.9. The van der Waals surface area contributed by atoms with Gasteiger partial charge in [-0.25, -0.2) is 4.99 Å². The van der Waals surface area contributed by atoms with Gasteiger partial charge in [-0.3, -0.25) is 4.79 Å². The largest absolute Gasteiger partial charge is 0.383 e. The molecule has 3 N–H and O–H groups in total. The minimum absolute atomic E-state index is 0. The third kappa shape index (κ3) is 8.39. The van der Waals surface area contributed by atoms with E-state index in [0.29, 0.717) is 19.1 Å². The molecule has 1 rings (SSSR count). The van der Waals surface area contributed by atoms with Crippen molar-refractivity contribution in [2.75, 3.05) is 40.0 Å². The Kier molecular flexibility index (Phi) is 13.2. The van der Waals surface area contributed by atoms with Crippen LogP contribution in [-0.4, -0.2) is 64.0 Å². The van der Waals surface area contributed by atoms with Crippen LogP contribution in [0.25, 0.3) is 0 Å². The first-order valence-corrected chi connectivity index (χ1v) is 9.37. The minimum atomic E-state index is -0.108. The summed E-state index contributed by atoms with van der Waals surface area (Å²) in [5.74, 6) is 0.567. The highest BCUT2D eigenvalue weighted by molar-refractivity contribution is 14.0. The number of guanidine groups is 1. The maximum atomic E-state index is 11.8. The van der Waals surface area contributed by atoms with Crippen LogP contribution in [-0.2, 0) is 14.3 Å². The Morgan fingerprint density at radius 2 is 1.96 bits per heavy atom. The molecule has 0 heterocycles. The molecule has 0 saturated heterocycles. The third-order valence-corrected chi connectivity index (χ3v) is 4.66. The van der Waals surface area contributed by atoms with Crippen LogP contribution < -0.4 is 16.0 Å². The molecule has 0 aromatic heterocycles. The van der Waals surface area contributed by atoms with Crippen LogP contribution in [0.4, 0.5) is 0 Å². The zero-order valence-electron chi connectivity index (χ0n) is 16.9. The molecule has 26 heavy (non-hydrogen) atoms. The van der Waals surface area contributed by atoms with E-state index >= 15 is 0 Å². The fraction of sp³-hybridized carbons (Fsp3) is 0.889. The van der Waals surface area contributed by atoms with Crippen molar-refractivity contribution >= 4 is 35.8 Å². The Labute approximate surface area is 175 Å². The number of hydrogen-bond donors (Lipinski definition) is 3. The normalized spacial score (nSPS) is 21.3. The van der Waals surface area contributed by atoms with E-state index < -0.39 is 0 Å². The van der Waals surface area contributed by atoms with Crippen molar-refractivity contribution in [2.45, 2.75) is 59.1 Å². The Morgan fingerprint density at radius 1 is 1.23 bits per heavy atom. The van der Waals surface area contributed by atoms with Gasteiger partial charge in [0.05, 0.1) is 12.7 Å². The molecule has 1 aliphatic rings. The summed E-state index contributed by atoms with van der Waals surface area (Å²) in [7, 11) is 1.61. The van der Waals surface area contributed by atoms with E-state index in [1.807, 2.05) is 6.92 Å². The molecular formula is C18H37IN4O3. The van der Waals surface area contributed by atoms with Crippen LogP contribution >= 0.6 is 24.0 Å². The number of amides is 1. The lowest BCUT2D eigenvalue weighted by atomic mass is 9.64. The third-order valence-electron chi connectivity index (χ3n) is 4.66. The predicted octanol–water partition coefficient (Wildman–Crippen LogP) is 1.91. The monoisotopic (exact) mass is 484 g/mol. The molecule has 1 aliphatic carbocycles. The summed E-state index contributed by atoms with van der Waals surface area (Å²) >= 11 is 0. The van der Waals surface area contributed by atoms with E-state index in [2.05, 4.69) is 41.7 Å². The van der Waals surface area contributed by atoms with Gasteiger partial charge in [0, 0.05) is 38.3 Å². The van der Waals surface area contributed by atoms with Gasteiger partial charge in [0.15, 0.2) is 5.96 Å². The lowest BCUT2D eigenvalue weighted by molar-refractivity contribution is -0.119. The highest BCUT2D eigenvalue weighted by Gasteiger charge is 2.49. The van der Waals surface area contributed by atoms with E-state index in [9.17, 15) is 4.79 Å². The van der Waals surface area contributed by atoms with Gasteiger partial charge in [-0.15, -0.1) is 24.0 Å². The molecule has 1 saturated carbocycles. The molecule has 0 aliphatic heterocycles. The fourth-order valence-electron chi connectivity index (χ4n) is 2.77. The molecule has 7 nitrogen and oxygen atoms in total. The van der Waals surface area contributed by atoms with Crippen molar-refractivity contribution in [1.29, 1.82) is 0 Å². The zero-order valence-corrected chi connectivity index (χ0v) is 19.2. The van der Waals surface area contributed by atoms with Crippen molar-refractivity contribution in [3.8, 4) is 0 Å². The number of hydrogen-bond acceptors (Lipinski definition) is 4. The molecule has 2 atom stereocenters. The number of carbonyl (C=O) groups is 1. The summed E-state index contributed by atoms with van der Waals surface area (Å²) in [6, 6.07) is 0.286. The molecule has 0 aromatic rings. The van der Waals surface area contributed by atoms with Gasteiger partial charge in [-0.05, 0) is 19.8 Å². The summed E-state index contributed by atoms with van der Waals surface area (Å²) in [5, 5.41) is 9.41. The van der Waals surface area contributed by atoms with Gasteiger partial charge in [0.25, 0.3) is 0 Å². The second-order valence-electron chi connectivity index (χ2n) is 7.00. The topological polar surface area (TPSA) is 84.0 Å². The van der Waals surface area contributed by atoms with Crippen LogP contribution in [0.15, 0.2) is 4.99 Å². The van der Waals surface area contributed by atoms with Crippen molar-refractivity contribution in [3.05, 3.63) is 0 Å². The molecule has 154 valence electrons.